The molecule has 37 heavy (non-hydrogen) atoms. The van der Waals surface area contributed by atoms with Crippen LogP contribution >= 0.6 is 0 Å². The van der Waals surface area contributed by atoms with Crippen molar-refractivity contribution in [3.05, 3.63) is 89.5 Å². The Morgan fingerprint density at radius 2 is 1.70 bits per heavy atom. The van der Waals surface area contributed by atoms with Crippen molar-refractivity contribution in [2.24, 2.45) is 0 Å². The van der Waals surface area contributed by atoms with Crippen LogP contribution in [0.25, 0.3) is 0 Å². The van der Waals surface area contributed by atoms with E-state index >= 15 is 0 Å². The third kappa shape index (κ3) is 7.70. The number of para-hydroxylation sites is 1. The normalized spacial score (nSPS) is 11.7. The van der Waals surface area contributed by atoms with Gasteiger partial charge in [-0.15, -0.1) is 0 Å². The van der Waals surface area contributed by atoms with E-state index < -0.39 is 26.8 Å². The van der Waals surface area contributed by atoms with E-state index in [1.807, 2.05) is 31.2 Å². The monoisotopic (exact) mass is 536 g/mol. The molecule has 0 unspecified atom stereocenters. The van der Waals surface area contributed by atoms with E-state index in [4.69, 9.17) is 8.92 Å². The molecule has 0 saturated carbocycles. The highest BCUT2D eigenvalue weighted by Gasteiger charge is 2.32. The minimum atomic E-state index is -4.69. The Hall–Kier alpha value is -3.57. The minimum absolute atomic E-state index is 0.0778. The first kappa shape index (κ1) is 28.0. The molecular weight excluding hydrogens is 509 g/mol. The fourth-order valence-corrected chi connectivity index (χ4v) is 4.45. The Balaban J connectivity index is 1.72. The van der Waals surface area contributed by atoms with E-state index in [0.717, 1.165) is 30.2 Å². The van der Waals surface area contributed by atoms with Crippen molar-refractivity contribution in [2.45, 2.75) is 31.0 Å². The molecule has 0 aliphatic heterocycles. The van der Waals surface area contributed by atoms with E-state index in [2.05, 4.69) is 5.32 Å². The van der Waals surface area contributed by atoms with E-state index in [1.165, 1.54) is 19.2 Å². The zero-order valence-electron chi connectivity index (χ0n) is 20.3. The lowest BCUT2D eigenvalue weighted by molar-refractivity contribution is -0.137. The number of carbonyl (C=O) groups excluding carboxylic acids is 1. The number of nitrogens with one attached hydrogen (secondary N) is 1. The number of nitrogens with zero attached hydrogens (tertiary/aromatic N) is 1. The fourth-order valence-electron chi connectivity index (χ4n) is 3.47. The summed E-state index contributed by atoms with van der Waals surface area (Å²) in [5, 5.41) is 2.91. The first-order valence-electron chi connectivity index (χ1n) is 11.4. The number of amides is 2. The van der Waals surface area contributed by atoms with E-state index in [-0.39, 0.29) is 18.3 Å². The van der Waals surface area contributed by atoms with Gasteiger partial charge in [0.2, 0.25) is 0 Å². The predicted octanol–water partition coefficient (Wildman–Crippen LogP) is 5.72. The third-order valence-electron chi connectivity index (χ3n) is 5.45. The molecule has 3 aromatic carbocycles. The van der Waals surface area contributed by atoms with Crippen LogP contribution in [0.4, 0.5) is 23.7 Å². The summed E-state index contributed by atoms with van der Waals surface area (Å²) in [6.07, 6.45) is -3.94. The first-order valence-corrected chi connectivity index (χ1v) is 12.8. The zero-order valence-corrected chi connectivity index (χ0v) is 21.1. The lowest BCUT2D eigenvalue weighted by Gasteiger charge is -2.24. The number of rotatable bonds is 10. The summed E-state index contributed by atoms with van der Waals surface area (Å²) < 4.78 is 74.0. The van der Waals surface area contributed by atoms with E-state index in [1.54, 1.807) is 17.0 Å². The Labute approximate surface area is 213 Å². The second-order valence-corrected chi connectivity index (χ2v) is 9.61. The molecule has 0 spiro atoms. The number of carbonyl (C=O) groups is 1. The summed E-state index contributed by atoms with van der Waals surface area (Å²) in [6, 6.07) is 16.4. The molecule has 1 N–H and O–H groups in total. The van der Waals surface area contributed by atoms with Gasteiger partial charge in [-0.25, -0.2) is 4.79 Å². The number of halogens is 3. The van der Waals surface area contributed by atoms with Gasteiger partial charge in [0, 0.05) is 25.9 Å². The third-order valence-corrected chi connectivity index (χ3v) is 6.69. The highest BCUT2D eigenvalue weighted by Crippen LogP contribution is 2.31. The zero-order chi connectivity index (χ0) is 27.1. The van der Waals surface area contributed by atoms with Gasteiger partial charge in [0.1, 0.15) is 10.6 Å². The van der Waals surface area contributed by atoms with E-state index in [0.29, 0.717) is 30.5 Å². The van der Waals surface area contributed by atoms with Crippen molar-refractivity contribution in [2.75, 3.05) is 25.6 Å². The second kappa shape index (κ2) is 12.1. The number of benzene rings is 3. The van der Waals surface area contributed by atoms with Gasteiger partial charge in [-0.2, -0.15) is 21.6 Å². The summed E-state index contributed by atoms with van der Waals surface area (Å²) in [4.78, 5) is 13.9. The SMILES string of the molecule is CCc1ccccc1NC(=O)N(CCOC)Cc1ccc(OS(=O)(=O)c2cccc(C(F)(F)F)c2)cc1. The second-order valence-electron chi connectivity index (χ2n) is 8.06. The number of hydrogen-bond donors (Lipinski definition) is 1. The molecule has 0 heterocycles. The van der Waals surface area contributed by atoms with Gasteiger partial charge in [-0.1, -0.05) is 43.3 Å². The Morgan fingerprint density at radius 1 is 1.00 bits per heavy atom. The van der Waals surface area contributed by atoms with Crippen LogP contribution in [0.1, 0.15) is 23.6 Å². The van der Waals surface area contributed by atoms with Crippen LogP contribution in [0.15, 0.2) is 77.7 Å². The molecule has 3 rings (SSSR count). The maximum Gasteiger partial charge on any atom is 0.416 e. The lowest BCUT2D eigenvalue weighted by Crippen LogP contribution is -2.37. The Morgan fingerprint density at radius 3 is 2.35 bits per heavy atom. The van der Waals surface area contributed by atoms with Crippen molar-refractivity contribution in [1.29, 1.82) is 0 Å². The van der Waals surface area contributed by atoms with Crippen molar-refractivity contribution in [3.63, 3.8) is 0 Å². The smallest absolute Gasteiger partial charge is 0.383 e. The number of ether oxygens (including phenoxy) is 1. The summed E-state index contributed by atoms with van der Waals surface area (Å²) >= 11 is 0. The molecule has 0 saturated heterocycles. The number of alkyl halides is 3. The number of methoxy groups -OCH3 is 1. The van der Waals surface area contributed by atoms with Crippen molar-refractivity contribution in [1.82, 2.24) is 4.90 Å². The predicted molar refractivity (Wildman–Crippen MR) is 133 cm³/mol. The van der Waals surface area contributed by atoms with Crippen molar-refractivity contribution < 1.29 is 35.3 Å². The van der Waals surface area contributed by atoms with E-state index in [9.17, 15) is 26.4 Å². The molecule has 0 bridgehead atoms. The minimum Gasteiger partial charge on any atom is -0.383 e. The van der Waals surface area contributed by atoms with Crippen LogP contribution in [0.5, 0.6) is 5.75 Å². The molecule has 0 radical (unpaired) electrons. The van der Waals surface area contributed by atoms with Crippen LogP contribution in [0.2, 0.25) is 0 Å². The lowest BCUT2D eigenvalue weighted by atomic mass is 10.1. The molecule has 7 nitrogen and oxygen atoms in total. The molecule has 0 aliphatic carbocycles. The van der Waals surface area contributed by atoms with Gasteiger partial charge in [-0.05, 0) is 53.9 Å². The molecule has 3 aromatic rings. The highest BCUT2D eigenvalue weighted by atomic mass is 32.2. The molecule has 0 aliphatic rings. The number of hydrogen-bond acceptors (Lipinski definition) is 5. The van der Waals surface area contributed by atoms with Gasteiger partial charge in [0.15, 0.2) is 0 Å². The van der Waals surface area contributed by atoms with Gasteiger partial charge in [0.25, 0.3) is 0 Å². The topological polar surface area (TPSA) is 84.9 Å². The summed E-state index contributed by atoms with van der Waals surface area (Å²) in [5.74, 6) is -0.0778. The van der Waals surface area contributed by atoms with Crippen molar-refractivity contribution >= 4 is 21.8 Å². The van der Waals surface area contributed by atoms with Gasteiger partial charge < -0.3 is 19.1 Å². The largest absolute Gasteiger partial charge is 0.416 e. The fraction of sp³-hybridized carbons (Fsp3) is 0.269. The molecule has 0 aromatic heterocycles. The number of urea groups is 1. The maximum atomic E-state index is 13.0. The average Bonchev–Trinajstić information content (AvgIpc) is 2.87. The van der Waals surface area contributed by atoms with Crippen LogP contribution in [0.3, 0.4) is 0 Å². The van der Waals surface area contributed by atoms with Crippen LogP contribution in [-0.2, 0) is 34.0 Å². The summed E-state index contributed by atoms with van der Waals surface area (Å²) in [7, 11) is -2.96. The van der Waals surface area contributed by atoms with Crippen LogP contribution < -0.4 is 9.50 Å². The molecule has 2 amide bonds. The van der Waals surface area contributed by atoms with Gasteiger partial charge in [-0.3, -0.25) is 0 Å². The highest BCUT2D eigenvalue weighted by molar-refractivity contribution is 7.87. The van der Waals surface area contributed by atoms with Crippen LogP contribution in [-0.4, -0.2) is 39.6 Å². The number of aryl methyl sites for hydroxylation is 1. The molecular formula is C26H27F3N2O5S. The first-order chi connectivity index (χ1) is 17.5. The Bertz CT molecular complexity index is 1310. The molecule has 198 valence electrons. The summed E-state index contributed by atoms with van der Waals surface area (Å²) in [6.45, 7) is 2.80. The average molecular weight is 537 g/mol. The van der Waals surface area contributed by atoms with Gasteiger partial charge in [0.05, 0.1) is 12.2 Å². The maximum absolute atomic E-state index is 13.0. The van der Waals surface area contributed by atoms with Crippen LogP contribution in [0, 0.1) is 0 Å². The standard InChI is InChI=1S/C26H27F3N2O5S/c1-3-20-7-4-5-10-24(20)30-25(32)31(15-16-35-2)18-19-11-13-22(14-12-19)36-37(33,34)23-9-6-8-21(17-23)26(27,28)29/h4-14,17H,3,15-16,18H2,1-2H3,(H,30,32). The molecule has 0 fully saturated rings. The molecule has 0 atom stereocenters. The Kier molecular flexibility index (Phi) is 9.17. The quantitative estimate of drug-likeness (QED) is 0.335. The van der Waals surface area contributed by atoms with Gasteiger partial charge >= 0.3 is 22.3 Å². The van der Waals surface area contributed by atoms with Crippen molar-refractivity contribution in [3.8, 4) is 5.75 Å². The summed E-state index contributed by atoms with van der Waals surface area (Å²) in [5.41, 5.74) is 1.29. The molecule has 11 heteroatoms. The number of anilines is 1.